The first-order chi connectivity index (χ1) is 7.56. The van der Waals surface area contributed by atoms with Crippen LogP contribution in [0.15, 0.2) is 18.2 Å². The second-order valence-electron chi connectivity index (χ2n) is 4.02. The SMILES string of the molecule is O=C(NC1(CO)CC1)c1cc(F)ccc1F. The molecule has 2 rings (SSSR count). The predicted molar refractivity (Wildman–Crippen MR) is 52.9 cm³/mol. The van der Waals surface area contributed by atoms with Crippen LogP contribution in [0.1, 0.15) is 23.2 Å². The quantitative estimate of drug-likeness (QED) is 0.815. The fourth-order valence-electron chi connectivity index (χ4n) is 1.45. The number of benzene rings is 1. The van der Waals surface area contributed by atoms with E-state index < -0.39 is 23.1 Å². The van der Waals surface area contributed by atoms with E-state index in [1.807, 2.05) is 0 Å². The fourth-order valence-corrected chi connectivity index (χ4v) is 1.45. The van der Waals surface area contributed by atoms with Gasteiger partial charge in [-0.15, -0.1) is 0 Å². The number of rotatable bonds is 3. The van der Waals surface area contributed by atoms with E-state index >= 15 is 0 Å². The molecule has 3 nitrogen and oxygen atoms in total. The van der Waals surface area contributed by atoms with E-state index in [2.05, 4.69) is 5.32 Å². The van der Waals surface area contributed by atoms with E-state index in [9.17, 15) is 13.6 Å². The van der Waals surface area contributed by atoms with E-state index in [0.717, 1.165) is 18.2 Å². The Hall–Kier alpha value is -1.49. The van der Waals surface area contributed by atoms with Gasteiger partial charge >= 0.3 is 0 Å². The van der Waals surface area contributed by atoms with Crippen molar-refractivity contribution in [3.05, 3.63) is 35.4 Å². The second kappa shape index (κ2) is 3.83. The zero-order chi connectivity index (χ0) is 11.8. The van der Waals surface area contributed by atoms with E-state index in [1.54, 1.807) is 0 Å². The number of aliphatic hydroxyl groups is 1. The smallest absolute Gasteiger partial charge is 0.254 e. The number of hydrogen-bond donors (Lipinski definition) is 2. The molecule has 1 amide bonds. The Bertz CT molecular complexity index is 430. The number of aliphatic hydroxyl groups excluding tert-OH is 1. The van der Waals surface area contributed by atoms with Gasteiger partial charge in [0.25, 0.3) is 5.91 Å². The van der Waals surface area contributed by atoms with Gasteiger partial charge in [0.2, 0.25) is 0 Å². The van der Waals surface area contributed by atoms with Gasteiger partial charge in [-0.2, -0.15) is 0 Å². The van der Waals surface area contributed by atoms with Crippen LogP contribution in [0.4, 0.5) is 8.78 Å². The van der Waals surface area contributed by atoms with Gasteiger partial charge in [0.05, 0.1) is 17.7 Å². The first-order valence-electron chi connectivity index (χ1n) is 4.95. The zero-order valence-corrected chi connectivity index (χ0v) is 8.46. The molecule has 0 bridgehead atoms. The van der Waals surface area contributed by atoms with Crippen molar-refractivity contribution in [2.75, 3.05) is 6.61 Å². The molecule has 0 saturated heterocycles. The minimum Gasteiger partial charge on any atom is -0.394 e. The highest BCUT2D eigenvalue weighted by molar-refractivity contribution is 5.95. The van der Waals surface area contributed by atoms with Gasteiger partial charge in [0.15, 0.2) is 0 Å². The van der Waals surface area contributed by atoms with Crippen LogP contribution in [0.2, 0.25) is 0 Å². The molecule has 1 aliphatic carbocycles. The molecule has 5 heteroatoms. The average Bonchev–Trinajstić information content (AvgIpc) is 3.02. The van der Waals surface area contributed by atoms with E-state index in [4.69, 9.17) is 5.11 Å². The Morgan fingerprint density at radius 1 is 1.44 bits per heavy atom. The molecule has 86 valence electrons. The lowest BCUT2D eigenvalue weighted by atomic mass is 10.1. The zero-order valence-electron chi connectivity index (χ0n) is 8.46. The highest BCUT2D eigenvalue weighted by Gasteiger charge is 2.43. The molecule has 1 fully saturated rings. The maximum Gasteiger partial charge on any atom is 0.254 e. The topological polar surface area (TPSA) is 49.3 Å². The summed E-state index contributed by atoms with van der Waals surface area (Å²) in [6.07, 6.45) is 1.32. The molecule has 2 N–H and O–H groups in total. The van der Waals surface area contributed by atoms with Crippen LogP contribution in [-0.4, -0.2) is 23.2 Å². The van der Waals surface area contributed by atoms with Crippen molar-refractivity contribution < 1.29 is 18.7 Å². The van der Waals surface area contributed by atoms with Crippen molar-refractivity contribution in [2.24, 2.45) is 0 Å². The van der Waals surface area contributed by atoms with Crippen molar-refractivity contribution in [1.29, 1.82) is 0 Å². The predicted octanol–water partition coefficient (Wildman–Crippen LogP) is 1.22. The number of nitrogens with one attached hydrogen (secondary N) is 1. The minimum atomic E-state index is -0.771. The van der Waals surface area contributed by atoms with Gasteiger partial charge < -0.3 is 10.4 Å². The van der Waals surface area contributed by atoms with E-state index in [1.165, 1.54) is 0 Å². The third-order valence-electron chi connectivity index (χ3n) is 2.71. The third-order valence-corrected chi connectivity index (χ3v) is 2.71. The Labute approximate surface area is 91.1 Å². The van der Waals surface area contributed by atoms with Crippen LogP contribution in [0, 0.1) is 11.6 Å². The summed E-state index contributed by atoms with van der Waals surface area (Å²) in [5.74, 6) is -2.13. The van der Waals surface area contributed by atoms with Gasteiger partial charge in [0.1, 0.15) is 11.6 Å². The third kappa shape index (κ3) is 2.04. The van der Waals surface area contributed by atoms with Crippen molar-refractivity contribution in [1.82, 2.24) is 5.32 Å². The fraction of sp³-hybridized carbons (Fsp3) is 0.364. The summed E-state index contributed by atoms with van der Waals surface area (Å²) < 4.78 is 26.1. The highest BCUT2D eigenvalue weighted by atomic mass is 19.1. The first-order valence-corrected chi connectivity index (χ1v) is 4.95. The van der Waals surface area contributed by atoms with Crippen LogP contribution in [-0.2, 0) is 0 Å². The molecule has 0 aliphatic heterocycles. The molecular formula is C11H11F2NO2. The lowest BCUT2D eigenvalue weighted by Crippen LogP contribution is -2.40. The van der Waals surface area contributed by atoms with Crippen LogP contribution in [0.25, 0.3) is 0 Å². The molecule has 0 spiro atoms. The number of carbonyl (C=O) groups is 1. The van der Waals surface area contributed by atoms with E-state index in [0.29, 0.717) is 12.8 Å². The maximum atomic E-state index is 13.2. The van der Waals surface area contributed by atoms with Crippen molar-refractivity contribution in [3.63, 3.8) is 0 Å². The Morgan fingerprint density at radius 2 is 2.12 bits per heavy atom. The largest absolute Gasteiger partial charge is 0.394 e. The Kier molecular flexibility index (Phi) is 2.63. The maximum absolute atomic E-state index is 13.2. The Morgan fingerprint density at radius 3 is 2.69 bits per heavy atom. The Balaban J connectivity index is 2.17. The summed E-state index contributed by atoms with van der Waals surface area (Å²) in [6.45, 7) is -0.185. The summed E-state index contributed by atoms with van der Waals surface area (Å²) in [7, 11) is 0. The number of halogens is 2. The summed E-state index contributed by atoms with van der Waals surface area (Å²) in [4.78, 5) is 11.6. The standard InChI is InChI=1S/C11H11F2NO2/c12-7-1-2-9(13)8(5-7)10(16)14-11(6-15)3-4-11/h1-2,5,15H,3-4,6H2,(H,14,16). The molecule has 0 atom stereocenters. The van der Waals surface area contributed by atoms with Crippen molar-refractivity contribution in [2.45, 2.75) is 18.4 Å². The number of hydrogen-bond acceptors (Lipinski definition) is 2. The summed E-state index contributed by atoms with van der Waals surface area (Å²) >= 11 is 0. The summed E-state index contributed by atoms with van der Waals surface area (Å²) in [6, 6.07) is 2.70. The highest BCUT2D eigenvalue weighted by Crippen LogP contribution is 2.34. The van der Waals surface area contributed by atoms with Crippen LogP contribution in [0.3, 0.4) is 0 Å². The number of amides is 1. The molecule has 0 radical (unpaired) electrons. The van der Waals surface area contributed by atoms with Gasteiger partial charge in [-0.3, -0.25) is 4.79 Å². The van der Waals surface area contributed by atoms with Gasteiger partial charge in [-0.25, -0.2) is 8.78 Å². The second-order valence-corrected chi connectivity index (χ2v) is 4.02. The lowest BCUT2D eigenvalue weighted by Gasteiger charge is -2.14. The minimum absolute atomic E-state index is 0.185. The molecule has 0 unspecified atom stereocenters. The molecule has 1 aromatic rings. The van der Waals surface area contributed by atoms with Crippen LogP contribution < -0.4 is 5.32 Å². The number of carbonyl (C=O) groups excluding carboxylic acids is 1. The van der Waals surface area contributed by atoms with E-state index in [-0.39, 0.29) is 12.2 Å². The van der Waals surface area contributed by atoms with Gasteiger partial charge in [-0.05, 0) is 31.0 Å². The molecule has 0 heterocycles. The molecular weight excluding hydrogens is 216 g/mol. The molecule has 1 saturated carbocycles. The van der Waals surface area contributed by atoms with Gasteiger partial charge in [0, 0.05) is 0 Å². The molecule has 16 heavy (non-hydrogen) atoms. The van der Waals surface area contributed by atoms with Crippen molar-refractivity contribution in [3.8, 4) is 0 Å². The molecule has 1 aromatic carbocycles. The first kappa shape index (κ1) is 11.0. The molecule has 0 aromatic heterocycles. The summed E-state index contributed by atoms with van der Waals surface area (Å²) in [5, 5.41) is 11.5. The normalized spacial score (nSPS) is 16.9. The van der Waals surface area contributed by atoms with Gasteiger partial charge in [-0.1, -0.05) is 0 Å². The monoisotopic (exact) mass is 227 g/mol. The molecule has 1 aliphatic rings. The lowest BCUT2D eigenvalue weighted by molar-refractivity contribution is 0.0902. The summed E-state index contributed by atoms with van der Waals surface area (Å²) in [5.41, 5.74) is -0.963. The van der Waals surface area contributed by atoms with Crippen LogP contribution in [0.5, 0.6) is 0 Å². The van der Waals surface area contributed by atoms with Crippen molar-refractivity contribution >= 4 is 5.91 Å². The average molecular weight is 227 g/mol. The van der Waals surface area contributed by atoms with Crippen LogP contribution >= 0.6 is 0 Å².